The predicted octanol–water partition coefficient (Wildman–Crippen LogP) is 3.51. The minimum Gasteiger partial charge on any atom is -0.507 e. The molecule has 0 bridgehead atoms. The van der Waals surface area contributed by atoms with E-state index in [1.54, 1.807) is 12.1 Å². The summed E-state index contributed by atoms with van der Waals surface area (Å²) in [6, 6.07) is 18.7. The molecule has 1 amide bonds. The van der Waals surface area contributed by atoms with Gasteiger partial charge in [-0.25, -0.2) is 5.43 Å². The molecule has 0 saturated carbocycles. The van der Waals surface area contributed by atoms with Crippen LogP contribution in [-0.4, -0.2) is 30.4 Å². The number of benzene rings is 3. The van der Waals surface area contributed by atoms with Crippen LogP contribution in [0.4, 0.5) is 5.69 Å². The quantitative estimate of drug-likeness (QED) is 0.443. The van der Waals surface area contributed by atoms with E-state index in [2.05, 4.69) is 15.8 Å². The van der Waals surface area contributed by atoms with Gasteiger partial charge in [0.15, 0.2) is 0 Å². The maximum Gasteiger partial charge on any atom is 0.259 e. The van der Waals surface area contributed by atoms with Crippen molar-refractivity contribution in [2.24, 2.45) is 5.10 Å². The van der Waals surface area contributed by atoms with E-state index in [1.807, 2.05) is 49.4 Å². The number of fused-ring (bicyclic) bond motifs is 1. The molecule has 0 unspecified atom stereocenters. The summed E-state index contributed by atoms with van der Waals surface area (Å²) >= 11 is 0. The summed E-state index contributed by atoms with van der Waals surface area (Å²) in [6.07, 6.45) is 1.38. The first-order chi connectivity index (χ1) is 13.2. The lowest BCUT2D eigenvalue weighted by molar-refractivity contribution is -0.119. The highest BCUT2D eigenvalue weighted by atomic mass is 16.5. The number of carbonyl (C=O) groups excluding carboxylic acids is 1. The largest absolute Gasteiger partial charge is 0.507 e. The van der Waals surface area contributed by atoms with Crippen LogP contribution in [0, 0.1) is 0 Å². The van der Waals surface area contributed by atoms with E-state index in [9.17, 15) is 9.90 Å². The normalized spacial score (nSPS) is 10.9. The van der Waals surface area contributed by atoms with Gasteiger partial charge in [0.2, 0.25) is 0 Å². The molecule has 0 radical (unpaired) electrons. The number of aromatic hydroxyl groups is 1. The number of hydrazone groups is 1. The molecule has 0 heterocycles. The highest BCUT2D eigenvalue weighted by Crippen LogP contribution is 2.23. The van der Waals surface area contributed by atoms with E-state index in [0.29, 0.717) is 17.9 Å². The molecule has 3 N–H and O–H groups in total. The SMILES string of the molecule is CCOc1ccc(O)c(/C=N\NC(=O)CNc2cccc3ccccc23)c1. The van der Waals surface area contributed by atoms with Crippen LogP contribution in [0.5, 0.6) is 11.5 Å². The molecule has 0 spiro atoms. The number of hydrogen-bond donors (Lipinski definition) is 3. The van der Waals surface area contributed by atoms with Crippen molar-refractivity contribution < 1.29 is 14.6 Å². The second-order valence-electron chi connectivity index (χ2n) is 5.83. The maximum absolute atomic E-state index is 12.0. The second-order valence-corrected chi connectivity index (χ2v) is 5.83. The van der Waals surface area contributed by atoms with Crippen molar-refractivity contribution in [2.45, 2.75) is 6.92 Å². The molecule has 0 aliphatic heterocycles. The standard InChI is InChI=1S/C21H21N3O3/c1-2-27-17-10-11-20(25)16(12-17)13-23-24-21(26)14-22-19-9-5-7-15-6-3-4-8-18(15)19/h3-13,22,25H,2,14H2,1H3,(H,24,26)/b23-13-. The summed E-state index contributed by atoms with van der Waals surface area (Å²) in [5, 5.41) is 19.0. The Balaban J connectivity index is 1.58. The Labute approximate surface area is 157 Å². The van der Waals surface area contributed by atoms with Crippen molar-refractivity contribution >= 4 is 28.6 Å². The lowest BCUT2D eigenvalue weighted by atomic mass is 10.1. The highest BCUT2D eigenvalue weighted by molar-refractivity contribution is 5.95. The minimum atomic E-state index is -0.292. The molecule has 0 saturated heterocycles. The summed E-state index contributed by atoms with van der Waals surface area (Å²) in [7, 11) is 0. The molecule has 0 atom stereocenters. The molecule has 0 aromatic heterocycles. The smallest absolute Gasteiger partial charge is 0.259 e. The number of rotatable bonds is 7. The number of amides is 1. The topological polar surface area (TPSA) is 83.0 Å². The number of carbonyl (C=O) groups is 1. The zero-order valence-corrected chi connectivity index (χ0v) is 15.0. The molecule has 3 rings (SSSR count). The van der Waals surface area contributed by atoms with Crippen LogP contribution >= 0.6 is 0 Å². The first-order valence-electron chi connectivity index (χ1n) is 8.66. The summed E-state index contributed by atoms with van der Waals surface area (Å²) in [4.78, 5) is 12.0. The van der Waals surface area contributed by atoms with Crippen LogP contribution in [-0.2, 0) is 4.79 Å². The van der Waals surface area contributed by atoms with Crippen molar-refractivity contribution in [3.8, 4) is 11.5 Å². The summed E-state index contributed by atoms with van der Waals surface area (Å²) < 4.78 is 5.38. The Hall–Kier alpha value is -3.54. The van der Waals surface area contributed by atoms with E-state index in [-0.39, 0.29) is 18.2 Å². The highest BCUT2D eigenvalue weighted by Gasteiger charge is 2.04. The molecule has 6 nitrogen and oxygen atoms in total. The first kappa shape index (κ1) is 18.3. The van der Waals surface area contributed by atoms with Gasteiger partial charge in [-0.15, -0.1) is 0 Å². The van der Waals surface area contributed by atoms with Crippen molar-refractivity contribution in [3.05, 3.63) is 66.2 Å². The third kappa shape index (κ3) is 4.76. The monoisotopic (exact) mass is 363 g/mol. The van der Waals surface area contributed by atoms with Gasteiger partial charge in [-0.3, -0.25) is 4.79 Å². The van der Waals surface area contributed by atoms with Crippen molar-refractivity contribution in [1.82, 2.24) is 5.43 Å². The maximum atomic E-state index is 12.0. The molecular formula is C21H21N3O3. The lowest BCUT2D eigenvalue weighted by Gasteiger charge is -2.09. The number of hydrogen-bond acceptors (Lipinski definition) is 5. The Bertz CT molecular complexity index is 965. The van der Waals surface area contributed by atoms with E-state index < -0.39 is 0 Å². The van der Waals surface area contributed by atoms with E-state index in [4.69, 9.17) is 4.74 Å². The van der Waals surface area contributed by atoms with E-state index in [1.165, 1.54) is 12.3 Å². The van der Waals surface area contributed by atoms with Gasteiger partial charge in [-0.05, 0) is 36.6 Å². The molecule has 0 aliphatic carbocycles. The van der Waals surface area contributed by atoms with Gasteiger partial charge in [-0.2, -0.15) is 5.10 Å². The van der Waals surface area contributed by atoms with Gasteiger partial charge < -0.3 is 15.2 Å². The zero-order chi connectivity index (χ0) is 19.1. The van der Waals surface area contributed by atoms with Gasteiger partial charge in [0.25, 0.3) is 5.91 Å². The molecule has 138 valence electrons. The first-order valence-corrected chi connectivity index (χ1v) is 8.66. The number of nitrogens with one attached hydrogen (secondary N) is 2. The number of ether oxygens (including phenoxy) is 1. The molecule has 3 aromatic rings. The van der Waals surface area contributed by atoms with Gasteiger partial charge >= 0.3 is 0 Å². The van der Waals surface area contributed by atoms with Crippen molar-refractivity contribution in [1.29, 1.82) is 0 Å². The third-order valence-electron chi connectivity index (χ3n) is 3.93. The van der Waals surface area contributed by atoms with Crippen molar-refractivity contribution in [3.63, 3.8) is 0 Å². The lowest BCUT2D eigenvalue weighted by Crippen LogP contribution is -2.25. The van der Waals surface area contributed by atoms with Gasteiger partial charge in [0.05, 0.1) is 19.4 Å². The molecule has 27 heavy (non-hydrogen) atoms. The van der Waals surface area contributed by atoms with Crippen LogP contribution in [0.3, 0.4) is 0 Å². The average molecular weight is 363 g/mol. The van der Waals surface area contributed by atoms with Crippen LogP contribution in [0.2, 0.25) is 0 Å². The van der Waals surface area contributed by atoms with Gasteiger partial charge in [0.1, 0.15) is 11.5 Å². The molecule has 3 aromatic carbocycles. The summed E-state index contributed by atoms with van der Waals surface area (Å²) in [5.74, 6) is 0.394. The fourth-order valence-electron chi connectivity index (χ4n) is 2.66. The van der Waals surface area contributed by atoms with Gasteiger partial charge in [-0.1, -0.05) is 36.4 Å². The number of anilines is 1. The minimum absolute atomic E-state index is 0.0605. The van der Waals surface area contributed by atoms with E-state index in [0.717, 1.165) is 16.5 Å². The fourth-order valence-corrected chi connectivity index (χ4v) is 2.66. The Morgan fingerprint density at radius 2 is 1.96 bits per heavy atom. The van der Waals surface area contributed by atoms with Crippen LogP contribution in [0.25, 0.3) is 10.8 Å². The van der Waals surface area contributed by atoms with E-state index >= 15 is 0 Å². The Morgan fingerprint density at radius 3 is 2.81 bits per heavy atom. The third-order valence-corrected chi connectivity index (χ3v) is 3.93. The fraction of sp³-hybridized carbons (Fsp3) is 0.143. The predicted molar refractivity (Wildman–Crippen MR) is 107 cm³/mol. The molecule has 6 heteroatoms. The van der Waals surface area contributed by atoms with Crippen molar-refractivity contribution in [2.75, 3.05) is 18.5 Å². The Kier molecular flexibility index (Phi) is 5.89. The molecular weight excluding hydrogens is 342 g/mol. The summed E-state index contributed by atoms with van der Waals surface area (Å²) in [6.45, 7) is 2.48. The summed E-state index contributed by atoms with van der Waals surface area (Å²) in [5.41, 5.74) is 3.79. The molecule has 0 fully saturated rings. The average Bonchev–Trinajstić information content (AvgIpc) is 2.69. The van der Waals surface area contributed by atoms with Crippen LogP contribution < -0.4 is 15.5 Å². The van der Waals surface area contributed by atoms with Crippen LogP contribution in [0.15, 0.2) is 65.8 Å². The zero-order valence-electron chi connectivity index (χ0n) is 15.0. The number of nitrogens with zero attached hydrogens (tertiary/aromatic N) is 1. The number of phenolic OH excluding ortho intramolecular Hbond substituents is 1. The number of phenols is 1. The Morgan fingerprint density at radius 1 is 1.15 bits per heavy atom. The second kappa shape index (κ2) is 8.71. The van der Waals surface area contributed by atoms with Crippen LogP contribution in [0.1, 0.15) is 12.5 Å². The molecule has 0 aliphatic rings. The van der Waals surface area contributed by atoms with Gasteiger partial charge in [0, 0.05) is 16.6 Å².